The summed E-state index contributed by atoms with van der Waals surface area (Å²) in [5.41, 5.74) is 0. The quantitative estimate of drug-likeness (QED) is 0.296. The van der Waals surface area contributed by atoms with Gasteiger partial charge in [0.1, 0.15) is 0 Å². The molecule has 0 unspecified atom stereocenters. The number of nitrogens with zero attached hydrogens (tertiary/aromatic N) is 1. The van der Waals surface area contributed by atoms with Crippen molar-refractivity contribution in [2.24, 2.45) is 0 Å². The normalized spacial score (nSPS) is 11.2. The maximum absolute atomic E-state index is 12.1. The number of carbonyl (C=O) groups is 1. The molecule has 0 heterocycles. The Morgan fingerprint density at radius 2 is 1.38 bits per heavy atom. The maximum Gasteiger partial charge on any atom is 0.246 e. The molecule has 0 saturated carbocycles. The summed E-state index contributed by atoms with van der Waals surface area (Å²) < 4.78 is 0. The predicted molar refractivity (Wildman–Crippen MR) is 93.5 cm³/mol. The van der Waals surface area contributed by atoms with Crippen LogP contribution in [0.5, 0.6) is 0 Å². The summed E-state index contributed by atoms with van der Waals surface area (Å²) in [7, 11) is 0. The second-order valence-corrected chi connectivity index (χ2v) is 5.94. The minimum Gasteiger partial charge on any atom is -0.339 e. The summed E-state index contributed by atoms with van der Waals surface area (Å²) in [5.74, 6) is 0.196. The Kier molecular flexibility index (Phi) is 15.0. The third kappa shape index (κ3) is 12.6. The number of hydrogen-bond acceptors (Lipinski definition) is 1. The molecule has 0 spiro atoms. The van der Waals surface area contributed by atoms with E-state index in [-0.39, 0.29) is 5.91 Å². The third-order valence-electron chi connectivity index (χ3n) is 3.96. The van der Waals surface area contributed by atoms with Gasteiger partial charge in [-0.25, -0.2) is 0 Å². The van der Waals surface area contributed by atoms with Gasteiger partial charge in [-0.15, -0.1) is 0 Å². The van der Waals surface area contributed by atoms with Crippen LogP contribution in [-0.4, -0.2) is 23.9 Å². The smallest absolute Gasteiger partial charge is 0.246 e. The molecular formula is C19H37NO. The van der Waals surface area contributed by atoms with Crippen molar-refractivity contribution in [2.45, 2.75) is 91.4 Å². The Morgan fingerprint density at radius 1 is 0.810 bits per heavy atom. The van der Waals surface area contributed by atoms with Crippen LogP contribution in [0.3, 0.4) is 0 Å². The molecule has 0 aromatic heterocycles. The summed E-state index contributed by atoms with van der Waals surface area (Å²) in [5, 5.41) is 0. The van der Waals surface area contributed by atoms with Crippen LogP contribution in [0.4, 0.5) is 0 Å². The summed E-state index contributed by atoms with van der Waals surface area (Å²) >= 11 is 0. The molecule has 0 aromatic carbocycles. The van der Waals surface area contributed by atoms with Crippen molar-refractivity contribution in [1.82, 2.24) is 4.90 Å². The Hall–Kier alpha value is -0.790. The largest absolute Gasteiger partial charge is 0.339 e. The van der Waals surface area contributed by atoms with Gasteiger partial charge in [-0.1, -0.05) is 71.3 Å². The third-order valence-corrected chi connectivity index (χ3v) is 3.96. The molecule has 0 radical (unpaired) electrons. The van der Waals surface area contributed by atoms with Crippen molar-refractivity contribution in [1.29, 1.82) is 0 Å². The van der Waals surface area contributed by atoms with Crippen molar-refractivity contribution in [2.75, 3.05) is 13.1 Å². The molecule has 21 heavy (non-hydrogen) atoms. The number of allylic oxidation sites excluding steroid dienone is 1. The number of likely N-dealkylation sites (N-methyl/N-ethyl adjacent to an activating group) is 1. The van der Waals surface area contributed by atoms with E-state index >= 15 is 0 Å². The van der Waals surface area contributed by atoms with Gasteiger partial charge < -0.3 is 4.90 Å². The lowest BCUT2D eigenvalue weighted by Crippen LogP contribution is -2.30. The average Bonchev–Trinajstić information content (AvgIpc) is 2.50. The zero-order valence-electron chi connectivity index (χ0n) is 14.7. The summed E-state index contributed by atoms with van der Waals surface area (Å²) in [6, 6.07) is 0. The molecule has 1 amide bonds. The Labute approximate surface area is 133 Å². The fourth-order valence-corrected chi connectivity index (χ4v) is 2.49. The van der Waals surface area contributed by atoms with Gasteiger partial charge in [0.25, 0.3) is 0 Å². The highest BCUT2D eigenvalue weighted by atomic mass is 16.2. The summed E-state index contributed by atoms with van der Waals surface area (Å²) in [6.07, 6.45) is 17.6. The van der Waals surface area contributed by atoms with Gasteiger partial charge >= 0.3 is 0 Å². The average molecular weight is 296 g/mol. The van der Waals surface area contributed by atoms with Crippen molar-refractivity contribution in [3.05, 3.63) is 12.2 Å². The number of carbonyl (C=O) groups excluding carboxylic acids is 1. The highest BCUT2D eigenvalue weighted by Gasteiger charge is 2.06. The minimum absolute atomic E-state index is 0.196. The van der Waals surface area contributed by atoms with Crippen molar-refractivity contribution in [3.8, 4) is 0 Å². The SMILES string of the molecule is CCCCCCCC=CC(=O)N(CC)CCCCCCC. The summed E-state index contributed by atoms with van der Waals surface area (Å²) in [4.78, 5) is 14.0. The maximum atomic E-state index is 12.1. The number of unbranched alkanes of at least 4 members (excludes halogenated alkanes) is 9. The molecule has 2 nitrogen and oxygen atoms in total. The highest BCUT2D eigenvalue weighted by Crippen LogP contribution is 2.07. The fourth-order valence-electron chi connectivity index (χ4n) is 2.49. The zero-order valence-corrected chi connectivity index (χ0v) is 14.7. The molecule has 0 saturated heterocycles. The second-order valence-electron chi connectivity index (χ2n) is 5.94. The molecule has 0 aliphatic rings. The van der Waals surface area contributed by atoms with Gasteiger partial charge in [-0.2, -0.15) is 0 Å². The molecule has 124 valence electrons. The van der Waals surface area contributed by atoms with Gasteiger partial charge in [-0.05, 0) is 32.3 Å². The summed E-state index contributed by atoms with van der Waals surface area (Å²) in [6.45, 7) is 8.28. The lowest BCUT2D eigenvalue weighted by atomic mass is 10.1. The van der Waals surface area contributed by atoms with Crippen LogP contribution in [0.2, 0.25) is 0 Å². The first kappa shape index (κ1) is 20.2. The van der Waals surface area contributed by atoms with E-state index in [4.69, 9.17) is 0 Å². The van der Waals surface area contributed by atoms with Gasteiger partial charge in [-0.3, -0.25) is 4.79 Å². The number of amides is 1. The standard InChI is InChI=1S/C19H37NO/c1-4-7-9-11-12-13-15-17-19(21)20(6-3)18-16-14-10-8-5-2/h15,17H,4-14,16,18H2,1-3H3. The van der Waals surface area contributed by atoms with E-state index in [0.29, 0.717) is 0 Å². The van der Waals surface area contributed by atoms with Crippen LogP contribution in [0.1, 0.15) is 91.4 Å². The first-order valence-corrected chi connectivity index (χ1v) is 9.21. The Morgan fingerprint density at radius 3 is 1.95 bits per heavy atom. The molecule has 2 heteroatoms. The van der Waals surface area contributed by atoms with Gasteiger partial charge in [0, 0.05) is 13.1 Å². The molecule has 0 atom stereocenters. The van der Waals surface area contributed by atoms with Crippen molar-refractivity contribution >= 4 is 5.91 Å². The van der Waals surface area contributed by atoms with Crippen LogP contribution in [-0.2, 0) is 4.79 Å². The molecule has 0 aromatic rings. The van der Waals surface area contributed by atoms with Crippen LogP contribution in [0.15, 0.2) is 12.2 Å². The highest BCUT2D eigenvalue weighted by molar-refractivity contribution is 5.87. The molecule has 0 aliphatic heterocycles. The van der Waals surface area contributed by atoms with Gasteiger partial charge in [0.2, 0.25) is 5.91 Å². The Balaban J connectivity index is 3.72. The number of rotatable bonds is 14. The molecule has 0 N–H and O–H groups in total. The Bertz CT molecular complexity index is 260. The van der Waals surface area contributed by atoms with Crippen molar-refractivity contribution in [3.63, 3.8) is 0 Å². The van der Waals surface area contributed by atoms with Gasteiger partial charge in [0.15, 0.2) is 0 Å². The first-order valence-electron chi connectivity index (χ1n) is 9.21. The van der Waals surface area contributed by atoms with E-state index in [2.05, 4.69) is 26.8 Å². The first-order chi connectivity index (χ1) is 10.3. The van der Waals surface area contributed by atoms with Crippen LogP contribution in [0, 0.1) is 0 Å². The second kappa shape index (κ2) is 15.6. The van der Waals surface area contributed by atoms with E-state index in [9.17, 15) is 4.79 Å². The molecule has 0 aliphatic carbocycles. The van der Waals surface area contributed by atoms with E-state index in [1.54, 1.807) is 6.08 Å². The van der Waals surface area contributed by atoms with E-state index < -0.39 is 0 Å². The van der Waals surface area contributed by atoms with Crippen molar-refractivity contribution < 1.29 is 4.79 Å². The van der Waals surface area contributed by atoms with Crippen LogP contribution < -0.4 is 0 Å². The van der Waals surface area contributed by atoms with E-state index in [1.807, 2.05) is 4.90 Å². The van der Waals surface area contributed by atoms with E-state index in [0.717, 1.165) is 25.9 Å². The zero-order chi connectivity index (χ0) is 15.8. The van der Waals surface area contributed by atoms with Gasteiger partial charge in [0.05, 0.1) is 0 Å². The lowest BCUT2D eigenvalue weighted by Gasteiger charge is -2.19. The topological polar surface area (TPSA) is 20.3 Å². The fraction of sp³-hybridized carbons (Fsp3) is 0.842. The number of hydrogen-bond donors (Lipinski definition) is 0. The molecule has 0 rings (SSSR count). The van der Waals surface area contributed by atoms with Crippen LogP contribution in [0.25, 0.3) is 0 Å². The molecule has 0 fully saturated rings. The lowest BCUT2D eigenvalue weighted by molar-refractivity contribution is -0.125. The predicted octanol–water partition coefficient (Wildman–Crippen LogP) is 5.72. The van der Waals surface area contributed by atoms with Crippen LogP contribution >= 0.6 is 0 Å². The monoisotopic (exact) mass is 295 g/mol. The molecular weight excluding hydrogens is 258 g/mol. The molecule has 0 bridgehead atoms. The van der Waals surface area contributed by atoms with E-state index in [1.165, 1.54) is 57.8 Å². The minimum atomic E-state index is 0.196.